The summed E-state index contributed by atoms with van der Waals surface area (Å²) < 4.78 is 4.85. The second-order valence-corrected chi connectivity index (χ2v) is 12.6. The van der Waals surface area contributed by atoms with Crippen LogP contribution in [0.3, 0.4) is 0 Å². The van der Waals surface area contributed by atoms with Crippen LogP contribution in [-0.2, 0) is 21.8 Å². The molecule has 0 aliphatic heterocycles. The van der Waals surface area contributed by atoms with Crippen molar-refractivity contribution < 1.29 is 21.8 Å². The molecular formula is C16H21Zr. The Morgan fingerprint density at radius 1 is 0.824 bits per heavy atom. The first-order valence-corrected chi connectivity index (χ1v) is 10.9. The first-order chi connectivity index (χ1) is 8.45. The summed E-state index contributed by atoms with van der Waals surface area (Å²) in [5, 5.41) is 0. The molecule has 17 heavy (non-hydrogen) atoms. The molecule has 0 nitrogen and oxygen atoms in total. The summed E-state index contributed by atoms with van der Waals surface area (Å²) in [5.74, 6) is 0. The zero-order chi connectivity index (χ0) is 11.5. The van der Waals surface area contributed by atoms with Crippen molar-refractivity contribution in [3.63, 3.8) is 0 Å². The Morgan fingerprint density at radius 3 is 1.88 bits per heavy atom. The van der Waals surface area contributed by atoms with Crippen molar-refractivity contribution >= 4 is 0 Å². The second kappa shape index (κ2) is 5.66. The summed E-state index contributed by atoms with van der Waals surface area (Å²) in [4.78, 5) is 0. The first-order valence-electron chi connectivity index (χ1n) is 7.04. The SMILES string of the molecule is C1=CC[C]([Zr]([C]2=CC=CC2)[CH]2CCCCC2)=C1. The van der Waals surface area contributed by atoms with Gasteiger partial charge in [-0.25, -0.2) is 0 Å². The van der Waals surface area contributed by atoms with E-state index in [4.69, 9.17) is 0 Å². The van der Waals surface area contributed by atoms with E-state index in [1.165, 1.54) is 44.9 Å². The number of hydrogen-bond donors (Lipinski definition) is 0. The maximum absolute atomic E-state index is 2.46. The van der Waals surface area contributed by atoms with Gasteiger partial charge in [-0.1, -0.05) is 0 Å². The van der Waals surface area contributed by atoms with E-state index in [1.807, 2.05) is 6.56 Å². The van der Waals surface area contributed by atoms with Crippen LogP contribution in [-0.4, -0.2) is 0 Å². The van der Waals surface area contributed by atoms with Gasteiger partial charge in [-0.2, -0.15) is 0 Å². The average Bonchev–Trinajstić information content (AvgIpc) is 3.04. The van der Waals surface area contributed by atoms with Crippen molar-refractivity contribution in [3.05, 3.63) is 43.0 Å². The topological polar surface area (TPSA) is 0 Å². The fraction of sp³-hybridized carbons (Fsp3) is 0.500. The van der Waals surface area contributed by atoms with E-state index >= 15 is 0 Å². The summed E-state index contributed by atoms with van der Waals surface area (Å²) in [6, 6.07) is 0. The van der Waals surface area contributed by atoms with E-state index in [-0.39, 0.29) is 0 Å². The van der Waals surface area contributed by atoms with Gasteiger partial charge in [0.2, 0.25) is 0 Å². The van der Waals surface area contributed by atoms with Crippen LogP contribution in [0.5, 0.6) is 0 Å². The fourth-order valence-corrected chi connectivity index (χ4v) is 12.4. The molecule has 0 heterocycles. The molecule has 0 radical (unpaired) electrons. The molecule has 0 aromatic rings. The average molecular weight is 305 g/mol. The molecule has 1 fully saturated rings. The van der Waals surface area contributed by atoms with Crippen LogP contribution in [0.1, 0.15) is 44.9 Å². The van der Waals surface area contributed by atoms with E-state index in [9.17, 15) is 0 Å². The third kappa shape index (κ3) is 2.65. The molecule has 0 amide bonds. The van der Waals surface area contributed by atoms with Gasteiger partial charge in [-0.05, 0) is 0 Å². The van der Waals surface area contributed by atoms with E-state index < -0.39 is 21.8 Å². The van der Waals surface area contributed by atoms with Crippen LogP contribution in [0.4, 0.5) is 0 Å². The van der Waals surface area contributed by atoms with Crippen LogP contribution < -0.4 is 0 Å². The molecular weight excluding hydrogens is 283 g/mol. The van der Waals surface area contributed by atoms with Gasteiger partial charge in [0.15, 0.2) is 0 Å². The van der Waals surface area contributed by atoms with Crippen molar-refractivity contribution in [1.82, 2.24) is 0 Å². The van der Waals surface area contributed by atoms with E-state index in [0.717, 1.165) is 3.63 Å². The molecule has 0 unspecified atom stereocenters. The van der Waals surface area contributed by atoms with Gasteiger partial charge in [0, 0.05) is 0 Å². The second-order valence-electron chi connectivity index (χ2n) is 5.40. The molecule has 0 N–H and O–H groups in total. The molecule has 3 aliphatic rings. The summed E-state index contributed by atoms with van der Waals surface area (Å²) in [5.41, 5.74) is 0. The zero-order valence-corrected chi connectivity index (χ0v) is 12.9. The van der Waals surface area contributed by atoms with Crippen LogP contribution in [0.15, 0.2) is 43.0 Å². The van der Waals surface area contributed by atoms with Crippen LogP contribution in [0, 0.1) is 0 Å². The Hall–Kier alpha value is -0.157. The Bertz CT molecular complexity index is 362. The number of hydrogen-bond acceptors (Lipinski definition) is 0. The quantitative estimate of drug-likeness (QED) is 0.685. The number of rotatable bonds is 3. The maximum atomic E-state index is 2.46. The molecule has 1 saturated carbocycles. The molecule has 0 bridgehead atoms. The monoisotopic (exact) mass is 303 g/mol. The molecule has 1 heteroatoms. The van der Waals surface area contributed by atoms with Gasteiger partial charge in [-0.3, -0.25) is 0 Å². The number of allylic oxidation sites excluding steroid dienone is 8. The minimum atomic E-state index is -1.48. The molecule has 89 valence electrons. The van der Waals surface area contributed by atoms with Crippen molar-refractivity contribution in [2.75, 3.05) is 0 Å². The Morgan fingerprint density at radius 2 is 1.41 bits per heavy atom. The van der Waals surface area contributed by atoms with E-state index in [1.54, 1.807) is 0 Å². The Balaban J connectivity index is 1.80. The van der Waals surface area contributed by atoms with Crippen LogP contribution in [0.25, 0.3) is 0 Å². The summed E-state index contributed by atoms with van der Waals surface area (Å²) in [6.07, 6.45) is 24.3. The van der Waals surface area contributed by atoms with E-state index in [0.29, 0.717) is 0 Å². The molecule has 0 spiro atoms. The third-order valence-corrected chi connectivity index (χ3v) is 12.9. The summed E-state index contributed by atoms with van der Waals surface area (Å²) in [6.45, 7) is 0. The standard InChI is InChI=1S/C6H11.2C5H5.Zr/c1-2-4-6-5-3-1;2*1-2-4-5-3-1;/h1H,2-6H2;2*1-3H,4H2;. The van der Waals surface area contributed by atoms with Crippen molar-refractivity contribution in [1.29, 1.82) is 0 Å². The Labute approximate surface area is 113 Å². The Kier molecular flexibility index (Phi) is 3.96. The van der Waals surface area contributed by atoms with Crippen molar-refractivity contribution in [2.45, 2.75) is 48.6 Å². The predicted octanol–water partition coefficient (Wildman–Crippen LogP) is 5.04. The molecule has 0 atom stereocenters. The minimum absolute atomic E-state index is 1.11. The van der Waals surface area contributed by atoms with Crippen LogP contribution in [0.2, 0.25) is 3.63 Å². The predicted molar refractivity (Wildman–Crippen MR) is 70.5 cm³/mol. The zero-order valence-electron chi connectivity index (χ0n) is 10.5. The van der Waals surface area contributed by atoms with Gasteiger partial charge in [0.05, 0.1) is 0 Å². The van der Waals surface area contributed by atoms with Gasteiger partial charge in [-0.15, -0.1) is 0 Å². The first kappa shape index (κ1) is 11.9. The van der Waals surface area contributed by atoms with Gasteiger partial charge in [0.25, 0.3) is 0 Å². The molecule has 0 saturated heterocycles. The van der Waals surface area contributed by atoms with Gasteiger partial charge < -0.3 is 0 Å². The summed E-state index contributed by atoms with van der Waals surface area (Å²) in [7, 11) is 0. The van der Waals surface area contributed by atoms with Crippen molar-refractivity contribution in [3.8, 4) is 0 Å². The molecule has 0 aromatic heterocycles. The summed E-state index contributed by atoms with van der Waals surface area (Å²) >= 11 is -1.48. The molecule has 3 rings (SSSR count). The van der Waals surface area contributed by atoms with Gasteiger partial charge >= 0.3 is 113 Å². The van der Waals surface area contributed by atoms with Crippen LogP contribution >= 0.6 is 0 Å². The van der Waals surface area contributed by atoms with Crippen molar-refractivity contribution in [2.24, 2.45) is 0 Å². The molecule has 0 aromatic carbocycles. The van der Waals surface area contributed by atoms with E-state index in [2.05, 4.69) is 36.5 Å². The molecule has 3 aliphatic carbocycles. The van der Waals surface area contributed by atoms with Gasteiger partial charge in [0.1, 0.15) is 0 Å². The third-order valence-electron chi connectivity index (χ3n) is 4.25. The normalized spacial score (nSPS) is 24.0. The fourth-order valence-electron chi connectivity index (χ4n) is 3.42.